The Balaban J connectivity index is 0.000000194. The molecule has 12 rings (SSSR count). The van der Waals surface area contributed by atoms with E-state index in [1.54, 1.807) is 119 Å². The van der Waals surface area contributed by atoms with E-state index in [1.165, 1.54) is 69.9 Å². The maximum absolute atomic E-state index is 13.7. The molecule has 0 saturated heterocycles. The Morgan fingerprint density at radius 1 is 0.388 bits per heavy atom. The molecule has 8 aromatic heterocycles. The first-order valence-corrected chi connectivity index (χ1v) is 41.9. The molecule has 4 N–H and O–H groups in total. The van der Waals surface area contributed by atoms with Gasteiger partial charge in [-0.05, 0) is 119 Å². The fraction of sp³-hybridized carbons (Fsp3) is 0.415. The second-order valence-electron chi connectivity index (χ2n) is 26.4. The first kappa shape index (κ1) is 101. The van der Waals surface area contributed by atoms with Gasteiger partial charge in [0.05, 0.1) is 72.9 Å². The SMILES string of the molecule is CC([18F])OCCOCCOc1ccc(-c2ocnc2C(=O)NCCCn2cncn2)cc1Cl.CCOC([18F])COCCOc1ccc(-c2ocnc2C(=O)NCCCn2cncn2)cc1Cl.CCOCC([18F])Oc1ccc(-c2ocnc2C(=O)NCCCn2cncn2)cc1Cl.O=C(NCCCn1cncn1)c1ncoc1-c1ccc(OCCOCCOCC[18F])c(Cl)c1. The molecule has 0 aliphatic carbocycles. The van der Waals surface area contributed by atoms with Gasteiger partial charge in [-0.3, -0.25) is 37.9 Å². The average molecular weight is 1880 g/mol. The zero-order valence-electron chi connectivity index (χ0n) is 70.3. The molecule has 3 unspecified atom stereocenters. The predicted octanol–water partition coefficient (Wildman–Crippen LogP) is 12.2. The highest BCUT2D eigenvalue weighted by molar-refractivity contribution is 6.33. The quantitative estimate of drug-likeness (QED) is 0.0203. The molecule has 0 bridgehead atoms. The molecule has 0 aliphatic heterocycles. The molecule has 129 heavy (non-hydrogen) atoms. The Labute approximate surface area is 756 Å². The van der Waals surface area contributed by atoms with Crippen LogP contribution in [0.25, 0.3) is 45.3 Å². The number of ether oxygens (including phenoxy) is 11. The van der Waals surface area contributed by atoms with Gasteiger partial charge in [0.2, 0.25) is 6.36 Å². The minimum atomic E-state index is -1.64. The molecule has 0 fully saturated rings. The third-order valence-electron chi connectivity index (χ3n) is 17.1. The van der Waals surface area contributed by atoms with Gasteiger partial charge in [0.1, 0.15) is 113 Å². The van der Waals surface area contributed by atoms with Crippen LogP contribution in [0, 0.1) is 0 Å². The molecule has 0 spiro atoms. The number of nitrogens with one attached hydrogen (secondary N) is 4. The van der Waals surface area contributed by atoms with Crippen LogP contribution in [0.4, 0.5) is 17.6 Å². The molecule has 12 aromatic rings. The molecule has 694 valence electrons. The molecule has 3 atom stereocenters. The lowest BCUT2D eigenvalue weighted by molar-refractivity contribution is -0.0865. The molecule has 0 radical (unpaired) electrons. The first-order valence-electron chi connectivity index (χ1n) is 40.4. The van der Waals surface area contributed by atoms with Crippen LogP contribution < -0.4 is 40.2 Å². The number of rotatable bonds is 54. The lowest BCUT2D eigenvalue weighted by atomic mass is 10.1. The summed E-state index contributed by atoms with van der Waals surface area (Å²) in [6.07, 6.45) is 15.4. The molecule has 39 nitrogen and oxygen atoms in total. The molecular weight excluding hydrogens is 1780 g/mol. The van der Waals surface area contributed by atoms with Crippen LogP contribution in [-0.2, 0) is 59.3 Å². The standard InChI is InChI=1S/3C21H25ClFN5O5.C19H21ClFN5O4/c1-15(23)31-9-7-30-8-10-32-18-4-3-16(11-17(18)22)20-19(26-14-33-20)21(29)25-5-2-6-28-13-24-12-27-28;22-17-12-16(2-3-18(17)32-11-10-31-9-8-30-7-4-23)20-19(26-15-33-20)21(29)25-5-1-6-28-14-24-13-27-28;1-2-31-18(23)11-30-8-9-32-17-5-4-15(10-16(17)22)20-19(26-14-33-20)21(29)25-6-3-7-28-13-24-12-27-28;1-2-28-9-16(21)30-15-5-4-13(8-14(15)20)18-17(24-12-29-18)19(27)23-6-3-7-26-11-22-10-25-26/h3-4,11-15H,2,5-10H2,1H3,(H,25,29);2-3,12-15H,1,4-11H2,(H,25,29);4-5,10,12-14,18H,2-3,6-9,11H2,1H3,(H,25,29);4-5,8,10-12,16H,2-3,6-7,9H2,1H3,(H,23,27)/i3*23-1;21-1. The number of halogens is 8. The van der Waals surface area contributed by atoms with Crippen molar-refractivity contribution in [1.29, 1.82) is 0 Å². The van der Waals surface area contributed by atoms with Gasteiger partial charge in [-0.25, -0.2) is 53.0 Å². The van der Waals surface area contributed by atoms with Crippen LogP contribution in [0.5, 0.6) is 23.0 Å². The summed E-state index contributed by atoms with van der Waals surface area (Å²) >= 11 is 25.2. The second-order valence-corrected chi connectivity index (χ2v) is 28.0. The summed E-state index contributed by atoms with van der Waals surface area (Å²) in [4.78, 5) is 81.6. The second kappa shape index (κ2) is 57.0. The highest BCUT2D eigenvalue weighted by Gasteiger charge is 2.25. The van der Waals surface area contributed by atoms with Gasteiger partial charge in [-0.2, -0.15) is 24.8 Å². The van der Waals surface area contributed by atoms with Gasteiger partial charge >= 0.3 is 0 Å². The fourth-order valence-electron chi connectivity index (χ4n) is 11.1. The molecule has 47 heteroatoms. The van der Waals surface area contributed by atoms with Gasteiger partial charge in [0.25, 0.3) is 30.0 Å². The van der Waals surface area contributed by atoms with Crippen molar-refractivity contribution in [3.63, 3.8) is 0 Å². The molecular formula is C82H96Cl4F4N20O19. The highest BCUT2D eigenvalue weighted by atomic mass is 35.5. The predicted molar refractivity (Wildman–Crippen MR) is 456 cm³/mol. The first-order chi connectivity index (χ1) is 62.9. The largest absolute Gasteiger partial charge is 0.490 e. The number of hydrogen-bond donors (Lipinski definition) is 4. The number of carbonyl (C=O) groups is 4. The number of hydrogen-bond acceptors (Lipinski definition) is 31. The summed E-state index contributed by atoms with van der Waals surface area (Å²) < 4.78 is 137. The van der Waals surface area contributed by atoms with E-state index in [0.29, 0.717) is 183 Å². The lowest BCUT2D eigenvalue weighted by Crippen LogP contribution is -2.26. The van der Waals surface area contributed by atoms with E-state index in [4.69, 9.17) is 116 Å². The van der Waals surface area contributed by atoms with Crippen LogP contribution in [0.1, 0.15) is 88.4 Å². The van der Waals surface area contributed by atoms with Crippen molar-refractivity contribution in [1.82, 2.24) is 100 Å². The molecule has 4 aromatic carbocycles. The average Bonchev–Trinajstić information content (AvgIpc) is 1.73. The van der Waals surface area contributed by atoms with Crippen LogP contribution in [-0.4, -0.2) is 254 Å². The number of alkyl halides is 4. The zero-order chi connectivity index (χ0) is 91.6. The molecule has 8 heterocycles. The molecule has 0 aliphatic rings. The van der Waals surface area contributed by atoms with Crippen molar-refractivity contribution in [2.24, 2.45) is 0 Å². The van der Waals surface area contributed by atoms with Gasteiger partial charge in [0, 0.05) is 87.8 Å². The van der Waals surface area contributed by atoms with Crippen molar-refractivity contribution in [3.8, 4) is 68.3 Å². The van der Waals surface area contributed by atoms with Crippen LogP contribution in [0.3, 0.4) is 0 Å². The third-order valence-corrected chi connectivity index (χ3v) is 18.3. The van der Waals surface area contributed by atoms with Gasteiger partial charge < -0.3 is 91.0 Å². The highest BCUT2D eigenvalue weighted by Crippen LogP contribution is 2.37. The van der Waals surface area contributed by atoms with Gasteiger partial charge in [0.15, 0.2) is 77.7 Å². The Kier molecular flexibility index (Phi) is 44.5. The smallest absolute Gasteiger partial charge is 0.273 e. The Morgan fingerprint density at radius 3 is 1.00 bits per heavy atom. The molecule has 4 amide bonds. The number of nitrogens with zero attached hydrogens (tertiary/aromatic N) is 16. The van der Waals surface area contributed by atoms with E-state index in [0.717, 1.165) is 0 Å². The minimum Gasteiger partial charge on any atom is -0.490 e. The van der Waals surface area contributed by atoms with E-state index in [-0.39, 0.29) is 129 Å². The van der Waals surface area contributed by atoms with Crippen molar-refractivity contribution in [2.75, 3.05) is 132 Å². The van der Waals surface area contributed by atoms with E-state index in [9.17, 15) is 36.7 Å². The lowest BCUT2D eigenvalue weighted by Gasteiger charge is -2.13. The number of amides is 4. The van der Waals surface area contributed by atoms with Gasteiger partial charge in [-0.15, -0.1) is 0 Å². The number of aryl methyl sites for hydroxylation is 4. The summed E-state index contributed by atoms with van der Waals surface area (Å²) in [6, 6.07) is 19.7. The molecule has 0 saturated carbocycles. The maximum Gasteiger partial charge on any atom is 0.273 e. The van der Waals surface area contributed by atoms with Crippen LogP contribution in [0.2, 0.25) is 20.1 Å². The topological polar surface area (TPSA) is 445 Å². The number of aromatic nitrogens is 16. The summed E-state index contributed by atoms with van der Waals surface area (Å²) in [7, 11) is 0. The van der Waals surface area contributed by atoms with Gasteiger partial charge in [-0.1, -0.05) is 46.4 Å². The van der Waals surface area contributed by atoms with Crippen molar-refractivity contribution in [3.05, 3.63) is 192 Å². The third kappa shape index (κ3) is 35.2. The van der Waals surface area contributed by atoms with Crippen LogP contribution in [0.15, 0.2) is 167 Å². The normalized spacial score (nSPS) is 11.7. The van der Waals surface area contributed by atoms with E-state index < -0.39 is 25.7 Å². The Hall–Kier alpha value is -12.0. The number of carbonyl (C=O) groups excluding carboxylic acids is 4. The Bertz CT molecular complexity index is 5200. The Morgan fingerprint density at radius 2 is 0.698 bits per heavy atom. The van der Waals surface area contributed by atoms with E-state index in [2.05, 4.69) is 81.5 Å². The van der Waals surface area contributed by atoms with Crippen molar-refractivity contribution >= 4 is 70.0 Å². The minimum absolute atomic E-state index is 0.0698. The van der Waals surface area contributed by atoms with E-state index >= 15 is 0 Å². The fourth-order valence-corrected chi connectivity index (χ4v) is 12.1. The number of benzene rings is 4. The monoisotopic (exact) mass is 1880 g/mol. The van der Waals surface area contributed by atoms with Crippen molar-refractivity contribution in [2.45, 2.75) is 91.7 Å². The van der Waals surface area contributed by atoms with Crippen molar-refractivity contribution < 1.29 is 107 Å². The summed E-state index contributed by atoms with van der Waals surface area (Å²) in [5, 5.41) is 28.4. The number of oxazole rings is 4. The zero-order valence-corrected chi connectivity index (χ0v) is 73.3. The van der Waals surface area contributed by atoms with Crippen LogP contribution >= 0.6 is 46.4 Å². The van der Waals surface area contributed by atoms with E-state index in [1.807, 2.05) is 0 Å². The maximum atomic E-state index is 13.7. The summed E-state index contributed by atoms with van der Waals surface area (Å²) in [5.74, 6) is 1.24. The summed E-state index contributed by atoms with van der Waals surface area (Å²) in [5.41, 5.74) is 2.89. The summed E-state index contributed by atoms with van der Waals surface area (Å²) in [6.45, 7) is 11.6.